The molecule has 1 fully saturated rings. The van der Waals surface area contributed by atoms with E-state index in [-0.39, 0.29) is 11.0 Å². The first-order valence-electron chi connectivity index (χ1n) is 6.42. The molecule has 1 heteroatoms. The van der Waals surface area contributed by atoms with Gasteiger partial charge in [0.15, 0.2) is 0 Å². The topological polar surface area (TPSA) is 12.5 Å². The van der Waals surface area contributed by atoms with Crippen molar-refractivity contribution in [1.29, 1.82) is 0 Å². The van der Waals surface area contributed by atoms with Crippen LogP contribution in [0.4, 0.5) is 0 Å². The molecule has 0 amide bonds. The molecule has 0 radical (unpaired) electrons. The van der Waals surface area contributed by atoms with Crippen LogP contribution >= 0.6 is 0 Å². The van der Waals surface area contributed by atoms with E-state index in [1.54, 1.807) is 0 Å². The summed E-state index contributed by atoms with van der Waals surface area (Å²) in [6, 6.07) is 0. The molecular formula is C15H24O. The van der Waals surface area contributed by atoms with Crippen LogP contribution in [-0.2, 0) is 4.74 Å². The first-order valence-corrected chi connectivity index (χ1v) is 6.42. The molecule has 0 bridgehead atoms. The van der Waals surface area contributed by atoms with E-state index < -0.39 is 0 Å². The molecule has 2 rings (SSSR count). The van der Waals surface area contributed by atoms with Gasteiger partial charge in [-0.1, -0.05) is 37.6 Å². The zero-order valence-corrected chi connectivity index (χ0v) is 11.0. The molecule has 0 spiro atoms. The number of fused-ring (bicyclic) bond motifs is 1. The first kappa shape index (κ1) is 11.9. The van der Waals surface area contributed by atoms with Crippen LogP contribution in [0.2, 0.25) is 0 Å². The molecule has 1 aliphatic carbocycles. The average molecular weight is 220 g/mol. The molecule has 1 nitrogen and oxygen atoms in total. The van der Waals surface area contributed by atoms with Crippen molar-refractivity contribution in [3.8, 4) is 0 Å². The highest BCUT2D eigenvalue weighted by Gasteiger charge is 2.50. The quantitative estimate of drug-likeness (QED) is 0.439. The third-order valence-corrected chi connectivity index (χ3v) is 3.91. The van der Waals surface area contributed by atoms with E-state index >= 15 is 0 Å². The van der Waals surface area contributed by atoms with Gasteiger partial charge in [-0.15, -0.1) is 0 Å². The van der Waals surface area contributed by atoms with Gasteiger partial charge in [-0.25, -0.2) is 0 Å². The minimum absolute atomic E-state index is 0.136. The molecule has 0 aromatic heterocycles. The Bertz CT molecular complexity index is 324. The smallest absolute Gasteiger partial charge is 0.0954 e. The second-order valence-corrected chi connectivity index (χ2v) is 6.31. The van der Waals surface area contributed by atoms with Gasteiger partial charge in [0.2, 0.25) is 0 Å². The van der Waals surface area contributed by atoms with E-state index in [1.165, 1.54) is 18.4 Å². The lowest BCUT2D eigenvalue weighted by molar-refractivity contribution is 0.306. The summed E-state index contributed by atoms with van der Waals surface area (Å²) >= 11 is 0. The lowest BCUT2D eigenvalue weighted by atomic mass is 9.87. The minimum atomic E-state index is 0.136. The average Bonchev–Trinajstić information content (AvgIpc) is 2.82. The largest absolute Gasteiger partial charge is 0.366 e. The SMILES string of the molecule is C/C1=C/CC(C)(C)/C=C\CC2(C)OC2CC1. The number of rotatable bonds is 0. The number of hydrogen-bond donors (Lipinski definition) is 0. The van der Waals surface area contributed by atoms with Crippen molar-refractivity contribution in [3.63, 3.8) is 0 Å². The van der Waals surface area contributed by atoms with E-state index in [4.69, 9.17) is 4.74 Å². The van der Waals surface area contributed by atoms with Crippen molar-refractivity contribution in [3.05, 3.63) is 23.8 Å². The zero-order valence-electron chi connectivity index (χ0n) is 11.0. The van der Waals surface area contributed by atoms with Crippen molar-refractivity contribution in [2.24, 2.45) is 5.41 Å². The molecule has 1 aliphatic heterocycles. The van der Waals surface area contributed by atoms with E-state index in [0.29, 0.717) is 6.10 Å². The van der Waals surface area contributed by atoms with Gasteiger partial charge in [-0.05, 0) is 44.9 Å². The summed E-state index contributed by atoms with van der Waals surface area (Å²) in [5, 5.41) is 0. The third-order valence-electron chi connectivity index (χ3n) is 3.91. The van der Waals surface area contributed by atoms with Crippen LogP contribution in [0.5, 0.6) is 0 Å². The van der Waals surface area contributed by atoms with Gasteiger partial charge in [-0.2, -0.15) is 0 Å². The fourth-order valence-corrected chi connectivity index (χ4v) is 2.41. The summed E-state index contributed by atoms with van der Waals surface area (Å²) in [7, 11) is 0. The zero-order chi connectivity index (χ0) is 11.8. The molecule has 0 saturated carbocycles. The van der Waals surface area contributed by atoms with Crippen LogP contribution in [0, 0.1) is 5.41 Å². The minimum Gasteiger partial charge on any atom is -0.366 e. The summed E-state index contributed by atoms with van der Waals surface area (Å²) in [5.41, 5.74) is 1.94. The van der Waals surface area contributed by atoms with Crippen LogP contribution in [0.1, 0.15) is 53.4 Å². The number of epoxide rings is 1. The molecular weight excluding hydrogens is 196 g/mol. The molecule has 0 N–H and O–H groups in total. The summed E-state index contributed by atoms with van der Waals surface area (Å²) in [6.07, 6.45) is 12.2. The highest BCUT2D eigenvalue weighted by molar-refractivity contribution is 5.11. The summed E-state index contributed by atoms with van der Waals surface area (Å²) in [6.45, 7) is 9.10. The predicted molar refractivity (Wildman–Crippen MR) is 68.4 cm³/mol. The van der Waals surface area contributed by atoms with Gasteiger partial charge in [0.05, 0.1) is 11.7 Å². The second kappa shape index (κ2) is 4.03. The molecule has 2 atom stereocenters. The summed E-state index contributed by atoms with van der Waals surface area (Å²) in [5.74, 6) is 0. The van der Waals surface area contributed by atoms with Crippen LogP contribution in [-0.4, -0.2) is 11.7 Å². The summed E-state index contributed by atoms with van der Waals surface area (Å²) < 4.78 is 5.82. The van der Waals surface area contributed by atoms with Crippen molar-refractivity contribution in [1.82, 2.24) is 0 Å². The number of ether oxygens (including phenoxy) is 1. The predicted octanol–water partition coefficient (Wildman–Crippen LogP) is 4.25. The number of hydrogen-bond acceptors (Lipinski definition) is 1. The maximum absolute atomic E-state index is 5.82. The standard InChI is InChI=1S/C15H24O/c1-12-6-7-13-15(4,16-13)10-5-9-14(2,3)11-8-12/h5,8-9,13H,6-7,10-11H2,1-4H3/b9-5-,12-8-. The Kier molecular flexibility index (Phi) is 3.00. The van der Waals surface area contributed by atoms with Gasteiger partial charge in [0, 0.05) is 0 Å². The van der Waals surface area contributed by atoms with Gasteiger partial charge in [-0.3, -0.25) is 0 Å². The molecule has 1 saturated heterocycles. The summed E-state index contributed by atoms with van der Waals surface area (Å²) in [4.78, 5) is 0. The van der Waals surface area contributed by atoms with Crippen LogP contribution in [0.3, 0.4) is 0 Å². The molecule has 90 valence electrons. The Hall–Kier alpha value is -0.560. The van der Waals surface area contributed by atoms with Gasteiger partial charge >= 0.3 is 0 Å². The van der Waals surface area contributed by atoms with Gasteiger partial charge in [0.25, 0.3) is 0 Å². The van der Waals surface area contributed by atoms with E-state index in [0.717, 1.165) is 12.8 Å². The fraction of sp³-hybridized carbons (Fsp3) is 0.733. The second-order valence-electron chi connectivity index (χ2n) is 6.31. The van der Waals surface area contributed by atoms with E-state index in [1.807, 2.05) is 0 Å². The van der Waals surface area contributed by atoms with E-state index in [9.17, 15) is 0 Å². The van der Waals surface area contributed by atoms with E-state index in [2.05, 4.69) is 45.9 Å². The molecule has 2 unspecified atom stereocenters. The van der Waals surface area contributed by atoms with Crippen molar-refractivity contribution >= 4 is 0 Å². The van der Waals surface area contributed by atoms with Crippen LogP contribution in [0.15, 0.2) is 23.8 Å². The highest BCUT2D eigenvalue weighted by atomic mass is 16.6. The normalized spacial score (nSPS) is 43.5. The number of allylic oxidation sites excluding steroid dienone is 3. The third kappa shape index (κ3) is 2.76. The molecule has 1 heterocycles. The molecule has 0 aromatic carbocycles. The Balaban J connectivity index is 2.11. The Morgan fingerprint density at radius 2 is 2.00 bits per heavy atom. The maximum atomic E-state index is 5.82. The maximum Gasteiger partial charge on any atom is 0.0954 e. The Labute approximate surface area is 99.6 Å². The Morgan fingerprint density at radius 3 is 2.75 bits per heavy atom. The van der Waals surface area contributed by atoms with Crippen LogP contribution in [0.25, 0.3) is 0 Å². The molecule has 16 heavy (non-hydrogen) atoms. The molecule has 2 aliphatic rings. The first-order chi connectivity index (χ1) is 7.41. The van der Waals surface area contributed by atoms with Gasteiger partial charge in [0.1, 0.15) is 0 Å². The van der Waals surface area contributed by atoms with Crippen molar-refractivity contribution in [2.75, 3.05) is 0 Å². The van der Waals surface area contributed by atoms with Crippen LogP contribution < -0.4 is 0 Å². The highest BCUT2D eigenvalue weighted by Crippen LogP contribution is 2.43. The lowest BCUT2D eigenvalue weighted by Gasteiger charge is -2.18. The Morgan fingerprint density at radius 1 is 1.25 bits per heavy atom. The monoisotopic (exact) mass is 220 g/mol. The van der Waals surface area contributed by atoms with Crippen molar-refractivity contribution < 1.29 is 4.74 Å². The van der Waals surface area contributed by atoms with Gasteiger partial charge < -0.3 is 4.74 Å². The fourth-order valence-electron chi connectivity index (χ4n) is 2.41. The van der Waals surface area contributed by atoms with Crippen molar-refractivity contribution in [2.45, 2.75) is 65.1 Å². The lowest BCUT2D eigenvalue weighted by Crippen LogP contribution is -2.09. The molecule has 0 aromatic rings.